The summed E-state index contributed by atoms with van der Waals surface area (Å²) in [6.07, 6.45) is -3.99. The Morgan fingerprint density at radius 1 is 1.29 bits per heavy atom. The lowest BCUT2D eigenvalue weighted by Crippen LogP contribution is -2.16. The quantitative estimate of drug-likeness (QED) is 0.857. The van der Waals surface area contributed by atoms with E-state index in [1.165, 1.54) is 13.2 Å². The number of halogens is 3. The molecule has 6 heteroatoms. The lowest BCUT2D eigenvalue weighted by Gasteiger charge is -2.15. The van der Waals surface area contributed by atoms with Crippen LogP contribution in [0.25, 0.3) is 0 Å². The van der Waals surface area contributed by atoms with Crippen LogP contribution in [0, 0.1) is 0 Å². The second kappa shape index (κ2) is 5.37. The van der Waals surface area contributed by atoms with E-state index in [1.54, 1.807) is 0 Å². The molecule has 0 heterocycles. The first-order chi connectivity index (χ1) is 7.88. The van der Waals surface area contributed by atoms with Gasteiger partial charge in [0.05, 0.1) is 12.7 Å². The third kappa shape index (κ3) is 3.61. The van der Waals surface area contributed by atoms with Gasteiger partial charge in [-0.1, -0.05) is 0 Å². The van der Waals surface area contributed by atoms with Crippen molar-refractivity contribution in [2.75, 3.05) is 13.7 Å². The molecule has 1 atom stereocenters. The van der Waals surface area contributed by atoms with Crippen LogP contribution in [0.5, 0.6) is 5.75 Å². The number of hydrogen-bond donors (Lipinski definition) is 2. The van der Waals surface area contributed by atoms with Crippen LogP contribution in [0.4, 0.5) is 13.2 Å². The van der Waals surface area contributed by atoms with Crippen LogP contribution in [0.1, 0.15) is 23.6 Å². The van der Waals surface area contributed by atoms with Gasteiger partial charge >= 0.3 is 6.18 Å². The van der Waals surface area contributed by atoms with Gasteiger partial charge in [-0.25, -0.2) is 0 Å². The maximum absolute atomic E-state index is 12.6. The van der Waals surface area contributed by atoms with E-state index < -0.39 is 17.8 Å². The molecular formula is C11H15F3N2O. The average Bonchev–Trinajstić information content (AvgIpc) is 2.27. The molecular weight excluding hydrogens is 233 g/mol. The number of hydrogen-bond acceptors (Lipinski definition) is 3. The van der Waals surface area contributed by atoms with Crippen molar-refractivity contribution in [3.8, 4) is 5.75 Å². The highest BCUT2D eigenvalue weighted by Crippen LogP contribution is 2.34. The highest BCUT2D eigenvalue weighted by molar-refractivity contribution is 5.37. The molecule has 0 unspecified atom stereocenters. The molecule has 0 aliphatic carbocycles. The summed E-state index contributed by atoms with van der Waals surface area (Å²) in [7, 11) is 1.31. The van der Waals surface area contributed by atoms with Gasteiger partial charge in [0, 0.05) is 6.04 Å². The highest BCUT2D eigenvalue weighted by Gasteiger charge is 2.31. The van der Waals surface area contributed by atoms with Crippen molar-refractivity contribution >= 4 is 0 Å². The summed E-state index contributed by atoms with van der Waals surface area (Å²) >= 11 is 0. The number of benzene rings is 1. The highest BCUT2D eigenvalue weighted by atomic mass is 19.4. The second-order valence-corrected chi connectivity index (χ2v) is 3.68. The standard InChI is InChI=1S/C11H15F3N2O/c1-17-9-5-7(10(16)2-3-15)4-8(6-9)11(12,13)14/h4-6,10H,2-3,15-16H2,1H3/t10-/m0/s1. The van der Waals surface area contributed by atoms with E-state index in [1.807, 2.05) is 0 Å². The van der Waals surface area contributed by atoms with Crippen molar-refractivity contribution in [3.63, 3.8) is 0 Å². The van der Waals surface area contributed by atoms with Crippen LogP contribution in [-0.2, 0) is 6.18 Å². The Kier molecular flexibility index (Phi) is 4.36. The van der Waals surface area contributed by atoms with Crippen molar-refractivity contribution in [2.24, 2.45) is 11.5 Å². The van der Waals surface area contributed by atoms with E-state index in [-0.39, 0.29) is 5.75 Å². The van der Waals surface area contributed by atoms with Gasteiger partial charge < -0.3 is 16.2 Å². The van der Waals surface area contributed by atoms with Crippen LogP contribution in [0.2, 0.25) is 0 Å². The minimum Gasteiger partial charge on any atom is -0.497 e. The Morgan fingerprint density at radius 2 is 1.94 bits per heavy atom. The summed E-state index contributed by atoms with van der Waals surface area (Å²) in [6.45, 7) is 0.319. The molecule has 0 bridgehead atoms. The molecule has 0 aliphatic heterocycles. The Morgan fingerprint density at radius 3 is 2.41 bits per heavy atom. The SMILES string of the molecule is COc1cc([C@@H](N)CCN)cc(C(F)(F)F)c1. The fourth-order valence-corrected chi connectivity index (χ4v) is 1.46. The van der Waals surface area contributed by atoms with Gasteiger partial charge in [0.2, 0.25) is 0 Å². The molecule has 0 aliphatic rings. The number of alkyl halides is 3. The summed E-state index contributed by atoms with van der Waals surface area (Å²) in [5.41, 5.74) is 10.7. The van der Waals surface area contributed by atoms with Crippen molar-refractivity contribution < 1.29 is 17.9 Å². The first-order valence-electron chi connectivity index (χ1n) is 5.10. The lowest BCUT2D eigenvalue weighted by atomic mass is 10.0. The molecule has 0 fully saturated rings. The molecule has 96 valence electrons. The van der Waals surface area contributed by atoms with Crippen molar-refractivity contribution in [1.29, 1.82) is 0 Å². The molecule has 1 rings (SSSR count). The molecule has 17 heavy (non-hydrogen) atoms. The number of ether oxygens (including phenoxy) is 1. The van der Waals surface area contributed by atoms with Crippen molar-refractivity contribution in [1.82, 2.24) is 0 Å². The van der Waals surface area contributed by atoms with Gasteiger partial charge in [0.25, 0.3) is 0 Å². The van der Waals surface area contributed by atoms with E-state index in [0.29, 0.717) is 18.5 Å². The van der Waals surface area contributed by atoms with E-state index in [4.69, 9.17) is 16.2 Å². The van der Waals surface area contributed by atoms with E-state index in [2.05, 4.69) is 0 Å². The fraction of sp³-hybridized carbons (Fsp3) is 0.455. The summed E-state index contributed by atoms with van der Waals surface area (Å²) < 4.78 is 42.7. The molecule has 4 N–H and O–H groups in total. The van der Waals surface area contributed by atoms with Gasteiger partial charge in [-0.15, -0.1) is 0 Å². The molecule has 1 aromatic rings. The largest absolute Gasteiger partial charge is 0.497 e. The maximum atomic E-state index is 12.6. The third-order valence-corrected chi connectivity index (χ3v) is 2.40. The molecule has 0 saturated carbocycles. The van der Waals surface area contributed by atoms with Crippen LogP contribution in [-0.4, -0.2) is 13.7 Å². The zero-order chi connectivity index (χ0) is 13.1. The monoisotopic (exact) mass is 248 g/mol. The molecule has 3 nitrogen and oxygen atoms in total. The van der Waals surface area contributed by atoms with Gasteiger partial charge in [-0.2, -0.15) is 13.2 Å². The van der Waals surface area contributed by atoms with Crippen LogP contribution in [0.3, 0.4) is 0 Å². The predicted molar refractivity (Wildman–Crippen MR) is 58.6 cm³/mol. The van der Waals surface area contributed by atoms with E-state index >= 15 is 0 Å². The zero-order valence-corrected chi connectivity index (χ0v) is 9.42. The molecule has 1 aromatic carbocycles. The predicted octanol–water partition coefficient (Wildman–Crippen LogP) is 2.06. The summed E-state index contributed by atoms with van der Waals surface area (Å²) in [5, 5.41) is 0. The van der Waals surface area contributed by atoms with Crippen LogP contribution in [0.15, 0.2) is 18.2 Å². The fourth-order valence-electron chi connectivity index (χ4n) is 1.46. The maximum Gasteiger partial charge on any atom is 0.416 e. The van der Waals surface area contributed by atoms with Gasteiger partial charge in [-0.3, -0.25) is 0 Å². The normalized spacial score (nSPS) is 13.5. The van der Waals surface area contributed by atoms with Crippen LogP contribution >= 0.6 is 0 Å². The van der Waals surface area contributed by atoms with Crippen molar-refractivity contribution in [2.45, 2.75) is 18.6 Å². The summed E-state index contributed by atoms with van der Waals surface area (Å²) in [4.78, 5) is 0. The Labute approximate surface area is 97.5 Å². The number of methoxy groups -OCH3 is 1. The third-order valence-electron chi connectivity index (χ3n) is 2.40. The first-order valence-corrected chi connectivity index (χ1v) is 5.10. The average molecular weight is 248 g/mol. The number of rotatable bonds is 4. The second-order valence-electron chi connectivity index (χ2n) is 3.68. The zero-order valence-electron chi connectivity index (χ0n) is 9.42. The Hall–Kier alpha value is -1.27. The van der Waals surface area contributed by atoms with Gasteiger partial charge in [0.1, 0.15) is 5.75 Å². The Balaban J connectivity index is 3.14. The van der Waals surface area contributed by atoms with E-state index in [0.717, 1.165) is 12.1 Å². The topological polar surface area (TPSA) is 61.3 Å². The van der Waals surface area contributed by atoms with Gasteiger partial charge in [-0.05, 0) is 36.7 Å². The van der Waals surface area contributed by atoms with E-state index in [9.17, 15) is 13.2 Å². The Bertz CT molecular complexity index is 379. The molecule has 0 spiro atoms. The molecule has 0 amide bonds. The summed E-state index contributed by atoms with van der Waals surface area (Å²) in [6, 6.07) is 2.95. The van der Waals surface area contributed by atoms with Gasteiger partial charge in [0.15, 0.2) is 0 Å². The molecule has 0 saturated heterocycles. The smallest absolute Gasteiger partial charge is 0.416 e. The number of nitrogens with two attached hydrogens (primary N) is 2. The summed E-state index contributed by atoms with van der Waals surface area (Å²) in [5.74, 6) is 0.141. The molecule has 0 aromatic heterocycles. The van der Waals surface area contributed by atoms with Crippen LogP contribution < -0.4 is 16.2 Å². The minimum absolute atomic E-state index is 0.141. The lowest BCUT2D eigenvalue weighted by molar-refractivity contribution is -0.137. The van der Waals surface area contributed by atoms with Crippen molar-refractivity contribution in [3.05, 3.63) is 29.3 Å². The minimum atomic E-state index is -4.41. The first kappa shape index (κ1) is 13.8. The molecule has 0 radical (unpaired) electrons.